The Morgan fingerprint density at radius 3 is 2.35 bits per heavy atom. The Hall–Kier alpha value is -1.87. The van der Waals surface area contributed by atoms with Gasteiger partial charge in [-0.15, -0.1) is 0 Å². The van der Waals surface area contributed by atoms with Gasteiger partial charge in [-0.25, -0.2) is 0 Å². The molecule has 1 saturated carbocycles. The van der Waals surface area contributed by atoms with Gasteiger partial charge >= 0.3 is 212 Å². The third-order valence-electron chi connectivity index (χ3n) is 6.91. The number of ether oxygens (including phenoxy) is 1. The molecule has 1 saturated heterocycles. The maximum absolute atomic E-state index is 13.4. The molecule has 37 heavy (non-hydrogen) atoms. The summed E-state index contributed by atoms with van der Waals surface area (Å²) in [7, 11) is -4.10. The molecule has 0 N–H and O–H groups in total. The molecule has 0 spiro atoms. The van der Waals surface area contributed by atoms with Crippen molar-refractivity contribution in [1.82, 2.24) is 9.21 Å². The van der Waals surface area contributed by atoms with Crippen molar-refractivity contribution in [2.45, 2.75) is 67.1 Å². The van der Waals surface area contributed by atoms with Crippen molar-refractivity contribution in [2.24, 2.45) is 0 Å². The summed E-state index contributed by atoms with van der Waals surface area (Å²) >= 11 is 1.29. The first-order valence-corrected chi connectivity index (χ1v) is 15.2. The molecule has 1 heterocycles. The first kappa shape index (κ1) is 28.1. The zero-order valence-electron chi connectivity index (χ0n) is 20.7. The topological polar surface area (TPSA) is 66.9 Å². The van der Waals surface area contributed by atoms with Crippen LogP contribution >= 0.6 is 0 Å². The average Bonchev–Trinajstić information content (AvgIpc) is 3.69. The first-order valence-electron chi connectivity index (χ1n) is 12.4. The zero-order valence-corrected chi connectivity index (χ0v) is 23.9. The number of hydrogen-bond acceptors (Lipinski definition) is 4. The molecule has 1 aliphatic carbocycles. The molecule has 0 aromatic heterocycles. The summed E-state index contributed by atoms with van der Waals surface area (Å²) in [5.74, 6) is -0.0121. The van der Waals surface area contributed by atoms with Crippen molar-refractivity contribution in [1.29, 1.82) is 0 Å². The molecule has 4 rings (SSSR count). The molecule has 6 nitrogen and oxygen atoms in total. The summed E-state index contributed by atoms with van der Waals surface area (Å²) in [5.41, 5.74) is 1.23. The Morgan fingerprint density at radius 2 is 1.73 bits per heavy atom. The van der Waals surface area contributed by atoms with Crippen molar-refractivity contribution in [3.05, 3.63) is 65.2 Å². The van der Waals surface area contributed by atoms with Crippen LogP contribution in [0.5, 0.6) is 0 Å². The summed E-state index contributed by atoms with van der Waals surface area (Å²) in [6, 6.07) is 11.3. The number of alkyl halides is 3. The van der Waals surface area contributed by atoms with Gasteiger partial charge < -0.3 is 0 Å². The Labute approximate surface area is 224 Å². The molecule has 1 amide bonds. The van der Waals surface area contributed by atoms with Crippen molar-refractivity contribution >= 4 is 32.8 Å². The second-order valence-corrected chi connectivity index (χ2v) is 13.2. The van der Waals surface area contributed by atoms with Gasteiger partial charge in [0.25, 0.3) is 0 Å². The number of likely N-dealkylation sites (tertiary alicyclic amines) is 1. The van der Waals surface area contributed by atoms with E-state index in [4.69, 9.17) is 4.74 Å². The van der Waals surface area contributed by atoms with E-state index in [1.54, 1.807) is 4.90 Å². The van der Waals surface area contributed by atoms with E-state index in [1.807, 2.05) is 31.2 Å². The van der Waals surface area contributed by atoms with Crippen LogP contribution in [0.25, 0.3) is 0 Å². The number of piperidine rings is 1. The van der Waals surface area contributed by atoms with Crippen LogP contribution in [0.2, 0.25) is 4.71 Å². The number of benzene rings is 2. The minimum atomic E-state index is -4.62. The third-order valence-corrected chi connectivity index (χ3v) is 9.92. The minimum absolute atomic E-state index is 0.0121. The predicted octanol–water partition coefficient (Wildman–Crippen LogP) is 3.80. The predicted molar refractivity (Wildman–Crippen MR) is 136 cm³/mol. The van der Waals surface area contributed by atoms with E-state index in [0.29, 0.717) is 58.1 Å². The Bertz CT molecular complexity index is 1210. The van der Waals surface area contributed by atoms with Crippen LogP contribution in [-0.4, -0.2) is 72.2 Å². The van der Waals surface area contributed by atoms with Gasteiger partial charge in [-0.3, -0.25) is 0 Å². The second kappa shape index (κ2) is 11.5. The fourth-order valence-electron chi connectivity index (χ4n) is 4.69. The molecular formula is C26H32AsF3N2O4S. The molecule has 2 unspecified atom stereocenters. The summed E-state index contributed by atoms with van der Waals surface area (Å²) in [6.45, 7) is 3.57. The van der Waals surface area contributed by atoms with Crippen LogP contribution in [0, 0.1) is 6.92 Å². The van der Waals surface area contributed by atoms with E-state index in [0.717, 1.165) is 23.3 Å². The van der Waals surface area contributed by atoms with Gasteiger partial charge in [-0.2, -0.15) is 13.2 Å². The molecule has 1 aliphatic heterocycles. The number of hydrogen-bond donors (Lipinski definition) is 0. The molecule has 2 aromatic rings. The summed E-state index contributed by atoms with van der Waals surface area (Å²) < 4.78 is 73.4. The molecule has 0 bridgehead atoms. The standard InChI is InChI=1S/C26H32AsF3N2O4S/c1-18-5-2-3-6-19(18)16-36-17-24(27)25(33)31-13-11-22(12-14-31)32(21-9-10-21)37(34,35)23-8-4-7-20(15-23)26(28,29)30/h2-8,15,21-22,24H,9-14,16-17,27H2,1H3. The number of amides is 1. The van der Waals surface area contributed by atoms with Gasteiger partial charge in [0, 0.05) is 0 Å². The SMILES string of the molecule is Cc1ccccc1COCC([AsH2])C(=O)N1CCC(N(C2CC2)S(=O)(=O)c2cccc(C(F)(F)F)c2)CC1. The van der Waals surface area contributed by atoms with Gasteiger partial charge in [-0.1, -0.05) is 0 Å². The van der Waals surface area contributed by atoms with Crippen LogP contribution in [0.3, 0.4) is 0 Å². The van der Waals surface area contributed by atoms with Crippen molar-refractivity contribution in [3.8, 4) is 0 Å². The van der Waals surface area contributed by atoms with E-state index < -0.39 is 21.8 Å². The van der Waals surface area contributed by atoms with Crippen LogP contribution in [0.15, 0.2) is 53.4 Å². The normalized spacial score (nSPS) is 18.3. The van der Waals surface area contributed by atoms with Gasteiger partial charge in [0.15, 0.2) is 0 Å². The van der Waals surface area contributed by atoms with E-state index >= 15 is 0 Å². The summed E-state index contributed by atoms with van der Waals surface area (Å²) in [4.78, 5) is 14.4. The van der Waals surface area contributed by atoms with Crippen molar-refractivity contribution in [2.75, 3.05) is 19.7 Å². The zero-order chi connectivity index (χ0) is 26.8. The number of halogens is 3. The number of nitrogens with zero attached hydrogens (tertiary/aromatic N) is 2. The van der Waals surface area contributed by atoms with E-state index in [1.165, 1.54) is 27.2 Å². The van der Waals surface area contributed by atoms with E-state index in [2.05, 4.69) is 0 Å². The van der Waals surface area contributed by atoms with Crippen LogP contribution < -0.4 is 0 Å². The maximum atomic E-state index is 13.4. The number of aryl methyl sites for hydroxylation is 1. The number of carbonyl (C=O) groups excluding carboxylic acids is 1. The van der Waals surface area contributed by atoms with Gasteiger partial charge in [0.2, 0.25) is 0 Å². The van der Waals surface area contributed by atoms with Gasteiger partial charge in [0.05, 0.1) is 0 Å². The van der Waals surface area contributed by atoms with Crippen LogP contribution in [-0.2, 0) is 32.3 Å². The summed E-state index contributed by atoms with van der Waals surface area (Å²) in [6.07, 6.45) is -2.35. The van der Waals surface area contributed by atoms with Crippen molar-refractivity contribution < 1.29 is 31.1 Å². The number of rotatable bonds is 9. The van der Waals surface area contributed by atoms with E-state index in [9.17, 15) is 26.4 Å². The fourth-order valence-corrected chi connectivity index (χ4v) is 7.39. The Morgan fingerprint density at radius 1 is 1.08 bits per heavy atom. The van der Waals surface area contributed by atoms with Crippen LogP contribution in [0.4, 0.5) is 13.2 Å². The molecular weight excluding hydrogens is 568 g/mol. The van der Waals surface area contributed by atoms with Crippen LogP contribution in [0.1, 0.15) is 42.4 Å². The molecule has 11 heteroatoms. The second-order valence-electron chi connectivity index (χ2n) is 9.70. The number of sulfonamides is 1. The summed E-state index contributed by atoms with van der Waals surface area (Å²) in [5, 5.41) is 0. The Balaban J connectivity index is 1.36. The fraction of sp³-hybridized carbons (Fsp3) is 0.500. The van der Waals surface area contributed by atoms with E-state index in [-0.39, 0.29) is 27.6 Å². The quantitative estimate of drug-likeness (QED) is 0.411. The molecule has 2 fully saturated rings. The molecule has 2 aromatic carbocycles. The van der Waals surface area contributed by atoms with Gasteiger partial charge in [0.1, 0.15) is 0 Å². The molecule has 0 radical (unpaired) electrons. The molecule has 2 atom stereocenters. The first-order chi connectivity index (χ1) is 17.5. The molecule has 202 valence electrons. The average molecular weight is 601 g/mol. The number of carbonyl (C=O) groups is 1. The third kappa shape index (κ3) is 6.77. The van der Waals surface area contributed by atoms with Gasteiger partial charge in [-0.05, 0) is 0 Å². The monoisotopic (exact) mass is 600 g/mol. The molecule has 2 aliphatic rings. The van der Waals surface area contributed by atoms with Crippen molar-refractivity contribution in [3.63, 3.8) is 0 Å². The Kier molecular flexibility index (Phi) is 8.73.